The van der Waals surface area contributed by atoms with Gasteiger partial charge in [-0.15, -0.1) is 0 Å². The van der Waals surface area contributed by atoms with E-state index in [1.807, 2.05) is 31.2 Å². The van der Waals surface area contributed by atoms with E-state index in [2.05, 4.69) is 0 Å². The third kappa shape index (κ3) is 3.95. The second-order valence-corrected chi connectivity index (χ2v) is 4.79. The van der Waals surface area contributed by atoms with Crippen LogP contribution in [0.3, 0.4) is 0 Å². The molecule has 0 atom stereocenters. The lowest BCUT2D eigenvalue weighted by molar-refractivity contribution is -0.145. The summed E-state index contributed by atoms with van der Waals surface area (Å²) in [6, 6.07) is 14.3. The first-order valence-electron chi connectivity index (χ1n) is 7.10. The van der Waals surface area contributed by atoms with Crippen molar-refractivity contribution < 1.29 is 19.1 Å². The van der Waals surface area contributed by atoms with Crippen LogP contribution in [-0.4, -0.2) is 25.0 Å². The quantitative estimate of drug-likeness (QED) is 0.607. The molecular weight excluding hydrogens is 280 g/mol. The van der Waals surface area contributed by atoms with Crippen LogP contribution in [0.25, 0.3) is 0 Å². The van der Waals surface area contributed by atoms with Crippen molar-refractivity contribution in [1.82, 2.24) is 0 Å². The van der Waals surface area contributed by atoms with Crippen LogP contribution in [-0.2, 0) is 9.53 Å². The van der Waals surface area contributed by atoms with E-state index in [1.54, 1.807) is 31.2 Å². The number of carbonyl (C=O) groups is 2. The van der Waals surface area contributed by atoms with Crippen LogP contribution in [0.2, 0.25) is 0 Å². The van der Waals surface area contributed by atoms with Crippen LogP contribution < -0.4 is 4.74 Å². The summed E-state index contributed by atoms with van der Waals surface area (Å²) in [6.45, 7) is 3.71. The molecule has 0 saturated heterocycles. The molecule has 4 heteroatoms. The fourth-order valence-electron chi connectivity index (χ4n) is 2.03. The predicted molar refractivity (Wildman–Crippen MR) is 83.2 cm³/mol. The first-order valence-corrected chi connectivity index (χ1v) is 7.10. The van der Waals surface area contributed by atoms with Gasteiger partial charge in [-0.05, 0) is 26.0 Å². The molecule has 2 aromatic carbocycles. The Kier molecular flexibility index (Phi) is 5.31. The van der Waals surface area contributed by atoms with Crippen LogP contribution >= 0.6 is 0 Å². The molecule has 0 bridgehead atoms. The minimum atomic E-state index is -0.457. The van der Waals surface area contributed by atoms with E-state index >= 15 is 0 Å². The lowest BCUT2D eigenvalue weighted by Crippen LogP contribution is -2.16. The highest BCUT2D eigenvalue weighted by atomic mass is 16.6. The summed E-state index contributed by atoms with van der Waals surface area (Å²) in [7, 11) is 0. The van der Waals surface area contributed by atoms with Crippen molar-refractivity contribution in [2.24, 2.45) is 0 Å². The van der Waals surface area contributed by atoms with Gasteiger partial charge in [0.25, 0.3) is 0 Å². The smallest absolute Gasteiger partial charge is 0.344 e. The van der Waals surface area contributed by atoms with Gasteiger partial charge in [0.15, 0.2) is 12.4 Å². The Bertz CT molecular complexity index is 662. The van der Waals surface area contributed by atoms with Crippen LogP contribution in [0, 0.1) is 6.92 Å². The van der Waals surface area contributed by atoms with Gasteiger partial charge in [-0.2, -0.15) is 0 Å². The molecule has 0 fully saturated rings. The minimum absolute atomic E-state index is 0.136. The second-order valence-electron chi connectivity index (χ2n) is 4.79. The molecule has 114 valence electrons. The van der Waals surface area contributed by atoms with E-state index in [4.69, 9.17) is 9.47 Å². The van der Waals surface area contributed by atoms with Gasteiger partial charge in [-0.25, -0.2) is 4.79 Å². The fraction of sp³-hybridized carbons (Fsp3) is 0.222. The Morgan fingerprint density at radius 1 is 1.05 bits per heavy atom. The number of hydrogen-bond acceptors (Lipinski definition) is 4. The molecule has 0 N–H and O–H groups in total. The van der Waals surface area contributed by atoms with Crippen molar-refractivity contribution in [3.05, 3.63) is 65.2 Å². The molecule has 0 radical (unpaired) electrons. The van der Waals surface area contributed by atoms with Crippen molar-refractivity contribution in [2.75, 3.05) is 13.2 Å². The summed E-state index contributed by atoms with van der Waals surface area (Å²) < 4.78 is 10.3. The molecule has 0 aliphatic heterocycles. The Labute approximate surface area is 129 Å². The molecule has 2 aromatic rings. The Hall–Kier alpha value is -2.62. The molecule has 22 heavy (non-hydrogen) atoms. The Balaban J connectivity index is 2.24. The van der Waals surface area contributed by atoms with Gasteiger partial charge in [-0.1, -0.05) is 42.0 Å². The molecule has 0 spiro atoms. The third-order valence-electron chi connectivity index (χ3n) is 3.07. The Morgan fingerprint density at radius 3 is 2.45 bits per heavy atom. The summed E-state index contributed by atoms with van der Waals surface area (Å²) in [4.78, 5) is 24.0. The molecule has 0 aliphatic carbocycles. The van der Waals surface area contributed by atoms with E-state index in [-0.39, 0.29) is 12.4 Å². The number of benzene rings is 2. The van der Waals surface area contributed by atoms with Crippen LogP contribution in [0.4, 0.5) is 0 Å². The Morgan fingerprint density at radius 2 is 1.77 bits per heavy atom. The summed E-state index contributed by atoms with van der Waals surface area (Å²) in [6.07, 6.45) is 0. The van der Waals surface area contributed by atoms with E-state index < -0.39 is 5.97 Å². The topological polar surface area (TPSA) is 52.6 Å². The monoisotopic (exact) mass is 298 g/mol. The second kappa shape index (κ2) is 7.41. The zero-order valence-corrected chi connectivity index (χ0v) is 12.7. The van der Waals surface area contributed by atoms with Crippen LogP contribution in [0.15, 0.2) is 48.5 Å². The van der Waals surface area contributed by atoms with Gasteiger partial charge in [-0.3, -0.25) is 4.79 Å². The molecule has 0 amide bonds. The normalized spacial score (nSPS) is 10.1. The van der Waals surface area contributed by atoms with Crippen molar-refractivity contribution in [3.63, 3.8) is 0 Å². The summed E-state index contributed by atoms with van der Waals surface area (Å²) in [5.74, 6) is -0.211. The molecule has 2 rings (SSSR count). The number of rotatable bonds is 6. The maximum Gasteiger partial charge on any atom is 0.344 e. The molecule has 0 saturated carbocycles. The third-order valence-corrected chi connectivity index (χ3v) is 3.07. The average molecular weight is 298 g/mol. The zero-order chi connectivity index (χ0) is 15.9. The van der Waals surface area contributed by atoms with E-state index in [0.29, 0.717) is 23.5 Å². The number of ketones is 1. The maximum absolute atomic E-state index is 12.6. The van der Waals surface area contributed by atoms with Gasteiger partial charge in [0, 0.05) is 5.56 Å². The fourth-order valence-corrected chi connectivity index (χ4v) is 2.03. The van der Waals surface area contributed by atoms with Gasteiger partial charge in [0.05, 0.1) is 12.2 Å². The van der Waals surface area contributed by atoms with E-state index in [9.17, 15) is 9.59 Å². The molecule has 0 aliphatic rings. The highest BCUT2D eigenvalue weighted by Gasteiger charge is 2.16. The van der Waals surface area contributed by atoms with Gasteiger partial charge >= 0.3 is 5.97 Å². The lowest BCUT2D eigenvalue weighted by Gasteiger charge is -2.11. The van der Waals surface area contributed by atoms with Gasteiger partial charge in [0.1, 0.15) is 5.75 Å². The summed E-state index contributed by atoms with van der Waals surface area (Å²) in [5, 5.41) is 0. The molecule has 0 heterocycles. The standard InChI is InChI=1S/C18H18O4/c1-3-21-17(19)12-22-16-10-9-13(2)11-15(16)18(20)14-7-5-4-6-8-14/h4-11H,3,12H2,1-2H3. The minimum Gasteiger partial charge on any atom is -0.481 e. The zero-order valence-electron chi connectivity index (χ0n) is 12.7. The average Bonchev–Trinajstić information content (AvgIpc) is 2.54. The number of carbonyl (C=O) groups excluding carboxylic acids is 2. The maximum atomic E-state index is 12.6. The SMILES string of the molecule is CCOC(=O)COc1ccc(C)cc1C(=O)c1ccccc1. The molecule has 4 nitrogen and oxygen atoms in total. The van der Waals surface area contributed by atoms with Crippen LogP contribution in [0.1, 0.15) is 28.4 Å². The van der Waals surface area contributed by atoms with Crippen LogP contribution in [0.5, 0.6) is 5.75 Å². The first-order chi connectivity index (χ1) is 10.6. The number of aryl methyl sites for hydroxylation is 1. The van der Waals surface area contributed by atoms with Crippen molar-refractivity contribution in [1.29, 1.82) is 0 Å². The highest BCUT2D eigenvalue weighted by molar-refractivity contribution is 6.10. The van der Waals surface area contributed by atoms with Crippen molar-refractivity contribution >= 4 is 11.8 Å². The number of hydrogen-bond donors (Lipinski definition) is 0. The summed E-state index contributed by atoms with van der Waals surface area (Å²) >= 11 is 0. The summed E-state index contributed by atoms with van der Waals surface area (Å²) in [5.41, 5.74) is 1.97. The number of esters is 1. The van der Waals surface area contributed by atoms with Gasteiger partial charge < -0.3 is 9.47 Å². The van der Waals surface area contributed by atoms with E-state index in [0.717, 1.165) is 5.56 Å². The van der Waals surface area contributed by atoms with Crippen molar-refractivity contribution in [2.45, 2.75) is 13.8 Å². The predicted octanol–water partition coefficient (Wildman–Crippen LogP) is 3.17. The van der Waals surface area contributed by atoms with Crippen molar-refractivity contribution in [3.8, 4) is 5.75 Å². The number of ether oxygens (including phenoxy) is 2. The lowest BCUT2D eigenvalue weighted by atomic mass is 10.0. The van der Waals surface area contributed by atoms with E-state index in [1.165, 1.54) is 0 Å². The van der Waals surface area contributed by atoms with Gasteiger partial charge in [0.2, 0.25) is 0 Å². The molecular formula is C18H18O4. The first kappa shape index (κ1) is 15.8. The highest BCUT2D eigenvalue weighted by Crippen LogP contribution is 2.23. The largest absolute Gasteiger partial charge is 0.481 e. The molecule has 0 unspecified atom stereocenters. The molecule has 0 aromatic heterocycles.